The molecule has 1 fully saturated rings. The Morgan fingerprint density at radius 1 is 1.23 bits per heavy atom. The van der Waals surface area contributed by atoms with Crippen molar-refractivity contribution in [3.8, 4) is 0 Å². The van der Waals surface area contributed by atoms with Crippen LogP contribution in [0.25, 0.3) is 0 Å². The summed E-state index contributed by atoms with van der Waals surface area (Å²) in [5, 5.41) is 4.40. The maximum Gasteiger partial charge on any atom is 0.287 e. The molecule has 0 atom stereocenters. The van der Waals surface area contributed by atoms with Gasteiger partial charge in [-0.3, -0.25) is 4.79 Å². The fourth-order valence-corrected chi connectivity index (χ4v) is 4.19. The lowest BCUT2D eigenvalue weighted by Gasteiger charge is -2.33. The van der Waals surface area contributed by atoms with Crippen molar-refractivity contribution in [2.45, 2.75) is 25.4 Å². The van der Waals surface area contributed by atoms with Crippen LogP contribution in [0.3, 0.4) is 0 Å². The predicted molar refractivity (Wildman–Crippen MR) is 102 cm³/mol. The third-order valence-corrected chi connectivity index (χ3v) is 5.47. The van der Waals surface area contributed by atoms with E-state index in [1.54, 1.807) is 6.20 Å². The standard InChI is InChI=1S/C17H21ClN4O3S/c1-26(24,25)20-14-7-9-21(10-8-14)15-11-19-22(17(23)16(15)18)12-13-5-3-2-4-6-13/h2-6,11,14,20H,7-10,12H2,1H3. The van der Waals surface area contributed by atoms with Gasteiger partial charge in [0.1, 0.15) is 5.02 Å². The summed E-state index contributed by atoms with van der Waals surface area (Å²) in [7, 11) is -3.22. The topological polar surface area (TPSA) is 84.3 Å². The van der Waals surface area contributed by atoms with Gasteiger partial charge < -0.3 is 4.90 Å². The average Bonchev–Trinajstić information content (AvgIpc) is 2.60. The summed E-state index contributed by atoms with van der Waals surface area (Å²) in [6, 6.07) is 9.49. The summed E-state index contributed by atoms with van der Waals surface area (Å²) < 4.78 is 26.6. The largest absolute Gasteiger partial charge is 0.369 e. The molecule has 1 aromatic heterocycles. The minimum atomic E-state index is -3.22. The van der Waals surface area contributed by atoms with Crippen LogP contribution in [0.15, 0.2) is 41.3 Å². The van der Waals surface area contributed by atoms with Gasteiger partial charge in [-0.25, -0.2) is 17.8 Å². The average molecular weight is 397 g/mol. The number of benzene rings is 1. The second-order valence-electron chi connectivity index (χ2n) is 6.44. The van der Waals surface area contributed by atoms with Crippen molar-refractivity contribution < 1.29 is 8.42 Å². The highest BCUT2D eigenvalue weighted by Crippen LogP contribution is 2.25. The zero-order valence-electron chi connectivity index (χ0n) is 14.4. The van der Waals surface area contributed by atoms with Gasteiger partial charge >= 0.3 is 0 Å². The molecule has 0 spiro atoms. The van der Waals surface area contributed by atoms with E-state index in [4.69, 9.17) is 11.6 Å². The van der Waals surface area contributed by atoms with Gasteiger partial charge in [-0.1, -0.05) is 41.9 Å². The van der Waals surface area contributed by atoms with Gasteiger partial charge in [-0.15, -0.1) is 0 Å². The fraction of sp³-hybridized carbons (Fsp3) is 0.412. The lowest BCUT2D eigenvalue weighted by Crippen LogP contribution is -2.44. The predicted octanol–water partition coefficient (Wildman–Crippen LogP) is 1.46. The Bertz CT molecular complexity index is 923. The Morgan fingerprint density at radius 3 is 2.50 bits per heavy atom. The van der Waals surface area contributed by atoms with E-state index in [9.17, 15) is 13.2 Å². The molecule has 0 radical (unpaired) electrons. The molecule has 9 heteroatoms. The first-order valence-corrected chi connectivity index (χ1v) is 10.6. The molecule has 1 aliphatic heterocycles. The molecule has 1 N–H and O–H groups in total. The molecular formula is C17H21ClN4O3S. The van der Waals surface area contributed by atoms with E-state index in [0.717, 1.165) is 11.8 Å². The smallest absolute Gasteiger partial charge is 0.287 e. The van der Waals surface area contributed by atoms with Crippen LogP contribution in [-0.2, 0) is 16.6 Å². The quantitative estimate of drug-likeness (QED) is 0.827. The fourth-order valence-electron chi connectivity index (χ4n) is 3.09. The van der Waals surface area contributed by atoms with Crippen molar-refractivity contribution >= 4 is 27.3 Å². The molecule has 2 aromatic rings. The van der Waals surface area contributed by atoms with Crippen molar-refractivity contribution in [1.82, 2.24) is 14.5 Å². The third-order valence-electron chi connectivity index (χ3n) is 4.36. The maximum atomic E-state index is 12.5. The first-order valence-electron chi connectivity index (χ1n) is 8.35. The highest BCUT2D eigenvalue weighted by molar-refractivity contribution is 7.88. The second kappa shape index (κ2) is 7.77. The number of hydrogen-bond acceptors (Lipinski definition) is 5. The molecule has 0 amide bonds. The van der Waals surface area contributed by atoms with Crippen molar-refractivity contribution in [2.24, 2.45) is 0 Å². The molecule has 26 heavy (non-hydrogen) atoms. The van der Waals surface area contributed by atoms with Crippen LogP contribution in [0.5, 0.6) is 0 Å². The van der Waals surface area contributed by atoms with Crippen molar-refractivity contribution in [3.05, 3.63) is 57.5 Å². The Kier molecular flexibility index (Phi) is 5.64. The molecule has 0 saturated carbocycles. The van der Waals surface area contributed by atoms with Crippen LogP contribution in [0.1, 0.15) is 18.4 Å². The van der Waals surface area contributed by atoms with Gasteiger partial charge in [0.15, 0.2) is 0 Å². The van der Waals surface area contributed by atoms with E-state index >= 15 is 0 Å². The summed E-state index contributed by atoms with van der Waals surface area (Å²) in [5.41, 5.74) is 1.24. The van der Waals surface area contributed by atoms with E-state index in [1.165, 1.54) is 4.68 Å². The Balaban J connectivity index is 1.72. The summed E-state index contributed by atoms with van der Waals surface area (Å²) in [6.45, 7) is 1.58. The number of halogens is 1. The van der Waals surface area contributed by atoms with Gasteiger partial charge in [0.05, 0.1) is 24.7 Å². The molecule has 0 unspecified atom stereocenters. The van der Waals surface area contributed by atoms with Crippen molar-refractivity contribution in [2.75, 3.05) is 24.2 Å². The SMILES string of the molecule is CS(=O)(=O)NC1CCN(c2cnn(Cc3ccccc3)c(=O)c2Cl)CC1. The van der Waals surface area contributed by atoms with E-state index in [-0.39, 0.29) is 16.6 Å². The lowest BCUT2D eigenvalue weighted by molar-refractivity contribution is 0.461. The zero-order chi connectivity index (χ0) is 18.7. The van der Waals surface area contributed by atoms with Crippen LogP contribution >= 0.6 is 11.6 Å². The highest BCUT2D eigenvalue weighted by atomic mass is 35.5. The van der Waals surface area contributed by atoms with Gasteiger partial charge in [0.2, 0.25) is 10.0 Å². The van der Waals surface area contributed by atoms with Crippen molar-refractivity contribution in [3.63, 3.8) is 0 Å². The van der Waals surface area contributed by atoms with E-state index in [1.807, 2.05) is 35.2 Å². The number of aromatic nitrogens is 2. The molecule has 2 heterocycles. The number of anilines is 1. The maximum absolute atomic E-state index is 12.5. The van der Waals surface area contributed by atoms with E-state index < -0.39 is 10.0 Å². The number of rotatable bonds is 5. The summed E-state index contributed by atoms with van der Waals surface area (Å²) in [5.74, 6) is 0. The Hall–Kier alpha value is -1.90. The Labute approximate surface area is 157 Å². The molecule has 3 rings (SSSR count). The number of piperidine rings is 1. The highest BCUT2D eigenvalue weighted by Gasteiger charge is 2.24. The molecule has 1 aliphatic rings. The number of nitrogens with zero attached hydrogens (tertiary/aromatic N) is 3. The normalized spacial score (nSPS) is 16.0. The molecule has 1 aromatic carbocycles. The first-order chi connectivity index (χ1) is 12.3. The molecule has 140 valence electrons. The Morgan fingerprint density at radius 2 is 1.88 bits per heavy atom. The molecule has 1 saturated heterocycles. The lowest BCUT2D eigenvalue weighted by atomic mass is 10.1. The monoisotopic (exact) mass is 396 g/mol. The second-order valence-corrected chi connectivity index (χ2v) is 8.60. The molecule has 7 nitrogen and oxygen atoms in total. The molecular weight excluding hydrogens is 376 g/mol. The number of hydrogen-bond donors (Lipinski definition) is 1. The van der Waals surface area contributed by atoms with Gasteiger partial charge in [-0.05, 0) is 18.4 Å². The summed E-state index contributed by atoms with van der Waals surface area (Å²) in [4.78, 5) is 14.5. The van der Waals surface area contributed by atoms with Gasteiger partial charge in [0.25, 0.3) is 5.56 Å². The van der Waals surface area contributed by atoms with Crippen LogP contribution < -0.4 is 15.2 Å². The molecule has 0 aliphatic carbocycles. The number of nitrogens with one attached hydrogen (secondary N) is 1. The minimum Gasteiger partial charge on any atom is -0.369 e. The zero-order valence-corrected chi connectivity index (χ0v) is 16.0. The molecule has 0 bridgehead atoms. The van der Waals surface area contributed by atoms with Crippen LogP contribution in [0, 0.1) is 0 Å². The first kappa shape index (κ1) is 18.9. The number of sulfonamides is 1. The van der Waals surface area contributed by atoms with Crippen LogP contribution in [0.2, 0.25) is 5.02 Å². The summed E-state index contributed by atoms with van der Waals surface area (Å²) >= 11 is 6.31. The van der Waals surface area contributed by atoms with E-state index in [2.05, 4.69) is 9.82 Å². The van der Waals surface area contributed by atoms with Gasteiger partial charge in [0, 0.05) is 19.1 Å². The van der Waals surface area contributed by atoms with Crippen LogP contribution in [0.4, 0.5) is 5.69 Å². The third kappa shape index (κ3) is 4.63. The van der Waals surface area contributed by atoms with Crippen LogP contribution in [-0.4, -0.2) is 43.6 Å². The van der Waals surface area contributed by atoms with Crippen molar-refractivity contribution in [1.29, 1.82) is 0 Å². The minimum absolute atomic E-state index is 0.0913. The van der Waals surface area contributed by atoms with E-state index in [0.29, 0.717) is 38.2 Å². The summed E-state index contributed by atoms with van der Waals surface area (Å²) in [6.07, 6.45) is 4.07. The van der Waals surface area contributed by atoms with Gasteiger partial charge in [-0.2, -0.15) is 5.10 Å².